The molecule has 0 spiro atoms. The molecule has 5 heteroatoms. The quantitative estimate of drug-likeness (QED) is 0.481. The number of nitrogens with one attached hydrogen (secondary N) is 1. The topological polar surface area (TPSA) is 88.2 Å². The number of anilines is 1. The minimum absolute atomic E-state index is 0.448. The zero-order chi connectivity index (χ0) is 16.2. The first-order valence-corrected chi connectivity index (χ1v) is 7.66. The first-order valence-electron chi connectivity index (χ1n) is 7.66. The lowest BCUT2D eigenvalue weighted by Gasteiger charge is -2.13. The summed E-state index contributed by atoms with van der Waals surface area (Å²) >= 11 is 0. The molecule has 3 aromatic rings. The van der Waals surface area contributed by atoms with E-state index in [1.54, 1.807) is 0 Å². The van der Waals surface area contributed by atoms with Crippen LogP contribution in [-0.4, -0.2) is 28.6 Å². The van der Waals surface area contributed by atoms with E-state index >= 15 is 0 Å². The van der Waals surface area contributed by atoms with Gasteiger partial charge in [-0.2, -0.15) is 0 Å². The first-order chi connectivity index (χ1) is 11.2. The first kappa shape index (κ1) is 15.2. The summed E-state index contributed by atoms with van der Waals surface area (Å²) in [5.74, 6) is -0.954. The van der Waals surface area contributed by atoms with Crippen molar-refractivity contribution in [2.45, 2.75) is 18.9 Å². The van der Waals surface area contributed by atoms with E-state index in [0.29, 0.717) is 19.4 Å². The summed E-state index contributed by atoms with van der Waals surface area (Å²) in [4.78, 5) is 15.4. The number of para-hydroxylation sites is 2. The van der Waals surface area contributed by atoms with Gasteiger partial charge in [-0.25, -0.2) is 4.98 Å². The lowest BCUT2D eigenvalue weighted by atomic mass is 10.1. The number of rotatable bonds is 6. The maximum Gasteiger partial charge on any atom is 0.320 e. The Kier molecular flexibility index (Phi) is 4.39. The van der Waals surface area contributed by atoms with Crippen molar-refractivity contribution >= 4 is 33.5 Å². The molecule has 1 heterocycles. The van der Waals surface area contributed by atoms with Gasteiger partial charge in [0.2, 0.25) is 0 Å². The molecule has 0 bridgehead atoms. The largest absolute Gasteiger partial charge is 0.480 e. The Morgan fingerprint density at radius 1 is 1.09 bits per heavy atom. The van der Waals surface area contributed by atoms with Crippen molar-refractivity contribution in [1.29, 1.82) is 0 Å². The molecule has 0 aliphatic carbocycles. The van der Waals surface area contributed by atoms with Crippen LogP contribution in [0.2, 0.25) is 0 Å². The number of hydrogen-bond acceptors (Lipinski definition) is 4. The molecule has 0 fully saturated rings. The van der Waals surface area contributed by atoms with Crippen LogP contribution >= 0.6 is 0 Å². The number of fused-ring (bicyclic) bond motifs is 2. The smallest absolute Gasteiger partial charge is 0.320 e. The van der Waals surface area contributed by atoms with E-state index < -0.39 is 12.0 Å². The second kappa shape index (κ2) is 6.62. The Hall–Kier alpha value is -2.66. The SMILES string of the molecule is N[C@@H](CCCNc1c2ccccc2nc2ccccc12)C(=O)O. The molecular weight excluding hydrogens is 290 g/mol. The highest BCUT2D eigenvalue weighted by Gasteiger charge is 2.11. The number of nitrogens with two attached hydrogens (primary N) is 1. The molecule has 0 amide bonds. The van der Waals surface area contributed by atoms with Crippen molar-refractivity contribution in [2.75, 3.05) is 11.9 Å². The van der Waals surface area contributed by atoms with E-state index in [-0.39, 0.29) is 0 Å². The van der Waals surface area contributed by atoms with E-state index in [1.165, 1.54) is 0 Å². The van der Waals surface area contributed by atoms with Crippen LogP contribution in [0.4, 0.5) is 5.69 Å². The summed E-state index contributed by atoms with van der Waals surface area (Å²) in [6.07, 6.45) is 1.14. The lowest BCUT2D eigenvalue weighted by molar-refractivity contribution is -0.138. The number of aromatic nitrogens is 1. The molecule has 2 aromatic carbocycles. The molecule has 118 valence electrons. The van der Waals surface area contributed by atoms with Gasteiger partial charge >= 0.3 is 5.97 Å². The molecule has 4 N–H and O–H groups in total. The van der Waals surface area contributed by atoms with E-state index in [0.717, 1.165) is 27.5 Å². The van der Waals surface area contributed by atoms with Gasteiger partial charge in [0.15, 0.2) is 0 Å². The predicted molar refractivity (Wildman–Crippen MR) is 92.6 cm³/mol. The number of nitrogens with zero attached hydrogens (tertiary/aromatic N) is 1. The van der Waals surface area contributed by atoms with Gasteiger partial charge in [0.05, 0.1) is 16.7 Å². The van der Waals surface area contributed by atoms with Gasteiger partial charge in [-0.15, -0.1) is 0 Å². The van der Waals surface area contributed by atoms with E-state index in [2.05, 4.69) is 10.3 Å². The summed E-state index contributed by atoms with van der Waals surface area (Å²) in [7, 11) is 0. The normalized spacial score (nSPS) is 12.4. The van der Waals surface area contributed by atoms with Crippen LogP contribution in [0.15, 0.2) is 48.5 Å². The molecule has 5 nitrogen and oxygen atoms in total. The Morgan fingerprint density at radius 3 is 2.22 bits per heavy atom. The maximum atomic E-state index is 10.8. The Bertz CT molecular complexity index is 794. The third kappa shape index (κ3) is 3.24. The molecule has 1 aromatic heterocycles. The van der Waals surface area contributed by atoms with Crippen molar-refractivity contribution in [3.8, 4) is 0 Å². The van der Waals surface area contributed by atoms with E-state index in [1.807, 2.05) is 48.5 Å². The minimum Gasteiger partial charge on any atom is -0.480 e. The van der Waals surface area contributed by atoms with Crippen molar-refractivity contribution in [3.05, 3.63) is 48.5 Å². The minimum atomic E-state index is -0.954. The van der Waals surface area contributed by atoms with Gasteiger partial charge in [0, 0.05) is 17.3 Å². The van der Waals surface area contributed by atoms with Gasteiger partial charge in [0.25, 0.3) is 0 Å². The number of pyridine rings is 1. The third-order valence-corrected chi connectivity index (χ3v) is 3.90. The second-order valence-electron chi connectivity index (χ2n) is 5.53. The zero-order valence-electron chi connectivity index (χ0n) is 12.7. The molecule has 23 heavy (non-hydrogen) atoms. The lowest BCUT2D eigenvalue weighted by Crippen LogP contribution is -2.30. The summed E-state index contributed by atoms with van der Waals surface area (Å²) < 4.78 is 0. The highest BCUT2D eigenvalue weighted by molar-refractivity contribution is 6.07. The molecule has 0 aliphatic rings. The fraction of sp³-hybridized carbons (Fsp3) is 0.222. The zero-order valence-corrected chi connectivity index (χ0v) is 12.7. The Morgan fingerprint density at radius 2 is 1.65 bits per heavy atom. The molecular formula is C18H19N3O2. The maximum absolute atomic E-state index is 10.8. The van der Waals surface area contributed by atoms with Crippen molar-refractivity contribution < 1.29 is 9.90 Å². The van der Waals surface area contributed by atoms with Gasteiger partial charge in [-0.1, -0.05) is 36.4 Å². The van der Waals surface area contributed by atoms with Gasteiger partial charge < -0.3 is 16.2 Å². The molecule has 0 aliphatic heterocycles. The highest BCUT2D eigenvalue weighted by Crippen LogP contribution is 2.30. The number of carbonyl (C=O) groups is 1. The monoisotopic (exact) mass is 309 g/mol. The Labute approximate surface area is 134 Å². The Balaban J connectivity index is 1.87. The molecule has 1 atom stereocenters. The number of hydrogen-bond donors (Lipinski definition) is 3. The summed E-state index contributed by atoms with van der Waals surface area (Å²) in [5.41, 5.74) is 8.46. The molecule has 0 saturated heterocycles. The van der Waals surface area contributed by atoms with Crippen LogP contribution in [0.1, 0.15) is 12.8 Å². The highest BCUT2D eigenvalue weighted by atomic mass is 16.4. The standard InChI is InChI=1S/C18H19N3O2/c19-14(18(22)23)8-5-11-20-17-12-6-1-3-9-15(12)21-16-10-4-2-7-13(16)17/h1-4,6-7,9-10,14H,5,8,11,19H2,(H,20,21)(H,22,23)/t14-/m0/s1. The van der Waals surface area contributed by atoms with Crippen molar-refractivity contribution in [1.82, 2.24) is 4.98 Å². The van der Waals surface area contributed by atoms with Gasteiger partial charge in [0.1, 0.15) is 6.04 Å². The van der Waals surface area contributed by atoms with Crippen LogP contribution in [0, 0.1) is 0 Å². The average molecular weight is 309 g/mol. The number of aliphatic carboxylic acids is 1. The average Bonchev–Trinajstić information content (AvgIpc) is 2.57. The summed E-state index contributed by atoms with van der Waals surface area (Å²) in [5, 5.41) is 14.4. The van der Waals surface area contributed by atoms with Gasteiger partial charge in [-0.05, 0) is 25.0 Å². The van der Waals surface area contributed by atoms with Crippen molar-refractivity contribution in [2.24, 2.45) is 5.73 Å². The fourth-order valence-corrected chi connectivity index (χ4v) is 2.69. The van der Waals surface area contributed by atoms with E-state index in [9.17, 15) is 4.79 Å². The number of benzene rings is 2. The third-order valence-electron chi connectivity index (χ3n) is 3.90. The number of carboxylic acid groups (broad SMARTS) is 1. The van der Waals surface area contributed by atoms with Crippen LogP contribution in [0.3, 0.4) is 0 Å². The molecule has 0 radical (unpaired) electrons. The van der Waals surface area contributed by atoms with Crippen LogP contribution < -0.4 is 11.1 Å². The van der Waals surface area contributed by atoms with Crippen LogP contribution in [0.5, 0.6) is 0 Å². The van der Waals surface area contributed by atoms with Crippen LogP contribution in [-0.2, 0) is 4.79 Å². The van der Waals surface area contributed by atoms with Crippen molar-refractivity contribution in [3.63, 3.8) is 0 Å². The summed E-state index contributed by atoms with van der Waals surface area (Å²) in [6.45, 7) is 0.666. The van der Waals surface area contributed by atoms with Crippen LogP contribution in [0.25, 0.3) is 21.8 Å². The second-order valence-corrected chi connectivity index (χ2v) is 5.53. The van der Waals surface area contributed by atoms with E-state index in [4.69, 9.17) is 10.8 Å². The molecule has 0 unspecified atom stereocenters. The summed E-state index contributed by atoms with van der Waals surface area (Å²) in [6, 6.07) is 15.2. The number of carboxylic acids is 1. The molecule has 3 rings (SSSR count). The fourth-order valence-electron chi connectivity index (χ4n) is 2.69. The molecule has 0 saturated carbocycles. The predicted octanol–water partition coefficient (Wildman–Crippen LogP) is 2.99. The van der Waals surface area contributed by atoms with Gasteiger partial charge in [-0.3, -0.25) is 4.79 Å².